The molecule has 1 aliphatic heterocycles. The second kappa shape index (κ2) is 6.61. The molecule has 0 saturated heterocycles. The summed E-state index contributed by atoms with van der Waals surface area (Å²) in [6.45, 7) is 6.36. The first-order valence-corrected chi connectivity index (χ1v) is 9.04. The third-order valence-corrected chi connectivity index (χ3v) is 4.91. The lowest BCUT2D eigenvalue weighted by Gasteiger charge is -2.31. The average molecular weight is 364 g/mol. The van der Waals surface area contributed by atoms with E-state index in [1.165, 1.54) is 12.1 Å². The summed E-state index contributed by atoms with van der Waals surface area (Å²) in [5, 5.41) is 4.42. The van der Waals surface area contributed by atoms with Gasteiger partial charge in [0.25, 0.3) is 5.91 Å². The van der Waals surface area contributed by atoms with E-state index >= 15 is 0 Å². The maximum atomic E-state index is 13.7. The number of hydrogen-bond donors (Lipinski definition) is 0. The van der Waals surface area contributed by atoms with Gasteiger partial charge in [0.15, 0.2) is 5.82 Å². The molecule has 3 heterocycles. The van der Waals surface area contributed by atoms with Crippen LogP contribution >= 0.6 is 0 Å². The Labute approximate surface area is 157 Å². The molecule has 0 unspecified atom stereocenters. The third-order valence-electron chi connectivity index (χ3n) is 4.91. The molecule has 2 aromatic heterocycles. The Morgan fingerprint density at radius 1 is 1.15 bits per heavy atom. The standard InChI is InChI=1S/C21H21FN4O/c1-13-9-18(22)11-16-5-4-8-25(20(13)16)21(27)17-6-7-19(23-12-17)26-15(3)10-14(2)24-26/h6-7,9-12H,4-5,8H2,1-3H3. The van der Waals surface area contributed by atoms with Gasteiger partial charge in [-0.05, 0) is 75.1 Å². The Balaban J connectivity index is 1.66. The topological polar surface area (TPSA) is 51.0 Å². The second-order valence-electron chi connectivity index (χ2n) is 7.03. The monoisotopic (exact) mass is 364 g/mol. The van der Waals surface area contributed by atoms with Gasteiger partial charge in [-0.25, -0.2) is 14.1 Å². The molecule has 0 aliphatic carbocycles. The van der Waals surface area contributed by atoms with Crippen LogP contribution < -0.4 is 4.90 Å². The van der Waals surface area contributed by atoms with Gasteiger partial charge in [-0.2, -0.15) is 5.10 Å². The number of anilines is 1. The molecule has 1 aromatic carbocycles. The predicted octanol–water partition coefficient (Wildman–Crippen LogP) is 3.92. The lowest BCUT2D eigenvalue weighted by Crippen LogP contribution is -2.36. The molecule has 0 N–H and O–H groups in total. The van der Waals surface area contributed by atoms with Gasteiger partial charge in [0, 0.05) is 18.4 Å². The van der Waals surface area contributed by atoms with Crippen LogP contribution in [0.5, 0.6) is 0 Å². The second-order valence-corrected chi connectivity index (χ2v) is 7.03. The van der Waals surface area contributed by atoms with E-state index in [0.717, 1.165) is 41.0 Å². The number of pyridine rings is 1. The number of fused-ring (bicyclic) bond motifs is 1. The van der Waals surface area contributed by atoms with Crippen molar-refractivity contribution in [3.05, 3.63) is 70.4 Å². The summed E-state index contributed by atoms with van der Waals surface area (Å²) in [4.78, 5) is 19.3. The minimum absolute atomic E-state index is 0.113. The van der Waals surface area contributed by atoms with Crippen LogP contribution in [0.1, 0.15) is 39.3 Å². The molecule has 3 aromatic rings. The Kier molecular flexibility index (Phi) is 4.26. The quantitative estimate of drug-likeness (QED) is 0.692. The first-order chi connectivity index (χ1) is 12.9. The highest BCUT2D eigenvalue weighted by molar-refractivity contribution is 6.07. The van der Waals surface area contributed by atoms with E-state index in [9.17, 15) is 9.18 Å². The minimum Gasteiger partial charge on any atom is -0.308 e. The molecule has 1 amide bonds. The molecule has 5 nitrogen and oxygen atoms in total. The van der Waals surface area contributed by atoms with Crippen LogP contribution in [0.25, 0.3) is 5.82 Å². The predicted molar refractivity (Wildman–Crippen MR) is 102 cm³/mol. The van der Waals surface area contributed by atoms with E-state index in [2.05, 4.69) is 10.1 Å². The van der Waals surface area contributed by atoms with Crippen LogP contribution in [0.3, 0.4) is 0 Å². The normalized spacial score (nSPS) is 13.6. The van der Waals surface area contributed by atoms with Crippen LogP contribution in [0.2, 0.25) is 0 Å². The van der Waals surface area contributed by atoms with Crippen molar-refractivity contribution in [3.8, 4) is 5.82 Å². The third kappa shape index (κ3) is 3.12. The van der Waals surface area contributed by atoms with Crippen LogP contribution in [0, 0.1) is 26.6 Å². The lowest BCUT2D eigenvalue weighted by molar-refractivity contribution is 0.0984. The molecule has 0 fully saturated rings. The highest BCUT2D eigenvalue weighted by Gasteiger charge is 2.26. The number of hydrogen-bond acceptors (Lipinski definition) is 3. The zero-order valence-electron chi connectivity index (χ0n) is 15.7. The Morgan fingerprint density at radius 2 is 1.96 bits per heavy atom. The molecule has 0 radical (unpaired) electrons. The molecule has 138 valence electrons. The maximum absolute atomic E-state index is 13.7. The molecule has 6 heteroatoms. The Hall–Kier alpha value is -3.02. The van der Waals surface area contributed by atoms with Crippen LogP contribution in [0.4, 0.5) is 10.1 Å². The number of carbonyl (C=O) groups is 1. The minimum atomic E-state index is -0.253. The number of aromatic nitrogens is 3. The summed E-state index contributed by atoms with van der Waals surface area (Å²) in [5.41, 5.74) is 4.92. The zero-order valence-corrected chi connectivity index (χ0v) is 15.7. The van der Waals surface area contributed by atoms with E-state index < -0.39 is 0 Å². The molecule has 0 spiro atoms. The van der Waals surface area contributed by atoms with Crippen LogP contribution in [-0.4, -0.2) is 27.2 Å². The fourth-order valence-electron chi connectivity index (χ4n) is 3.78. The summed E-state index contributed by atoms with van der Waals surface area (Å²) in [5.74, 6) is 0.309. The highest BCUT2D eigenvalue weighted by Crippen LogP contribution is 2.32. The molecule has 4 rings (SSSR count). The van der Waals surface area contributed by atoms with E-state index in [1.807, 2.05) is 26.8 Å². The van der Waals surface area contributed by atoms with Crippen molar-refractivity contribution >= 4 is 11.6 Å². The summed E-state index contributed by atoms with van der Waals surface area (Å²) < 4.78 is 15.5. The van der Waals surface area contributed by atoms with Crippen LogP contribution in [-0.2, 0) is 6.42 Å². The molecular formula is C21H21FN4O. The largest absolute Gasteiger partial charge is 0.308 e. The number of carbonyl (C=O) groups excluding carboxylic acids is 1. The summed E-state index contributed by atoms with van der Waals surface area (Å²) in [6.07, 6.45) is 3.19. The lowest BCUT2D eigenvalue weighted by atomic mass is 9.97. The van der Waals surface area contributed by atoms with Crippen molar-refractivity contribution in [3.63, 3.8) is 0 Å². The van der Waals surface area contributed by atoms with E-state index in [-0.39, 0.29) is 11.7 Å². The van der Waals surface area contributed by atoms with Gasteiger partial charge in [0.2, 0.25) is 0 Å². The Morgan fingerprint density at radius 3 is 2.63 bits per heavy atom. The average Bonchev–Trinajstić information content (AvgIpc) is 2.98. The van der Waals surface area contributed by atoms with Crippen molar-refractivity contribution in [1.29, 1.82) is 0 Å². The van der Waals surface area contributed by atoms with Gasteiger partial charge >= 0.3 is 0 Å². The van der Waals surface area contributed by atoms with Crippen LogP contribution in [0.15, 0.2) is 36.5 Å². The smallest absolute Gasteiger partial charge is 0.259 e. The first kappa shape index (κ1) is 17.4. The zero-order chi connectivity index (χ0) is 19.1. The number of halogens is 1. The highest BCUT2D eigenvalue weighted by atomic mass is 19.1. The summed E-state index contributed by atoms with van der Waals surface area (Å²) >= 11 is 0. The fourth-order valence-corrected chi connectivity index (χ4v) is 3.78. The summed E-state index contributed by atoms with van der Waals surface area (Å²) in [6, 6.07) is 8.57. The number of amides is 1. The van der Waals surface area contributed by atoms with Gasteiger partial charge in [0.1, 0.15) is 5.82 Å². The molecule has 27 heavy (non-hydrogen) atoms. The van der Waals surface area contributed by atoms with E-state index in [1.54, 1.807) is 27.9 Å². The van der Waals surface area contributed by atoms with Crippen molar-refractivity contribution in [2.45, 2.75) is 33.6 Å². The van der Waals surface area contributed by atoms with Gasteiger partial charge in [-0.3, -0.25) is 4.79 Å². The molecular weight excluding hydrogens is 343 g/mol. The SMILES string of the molecule is Cc1cc(C)n(-c2ccc(C(=O)N3CCCc4cc(F)cc(C)c43)cn2)n1. The van der Waals surface area contributed by atoms with Crippen molar-refractivity contribution < 1.29 is 9.18 Å². The number of aryl methyl sites for hydroxylation is 4. The van der Waals surface area contributed by atoms with Crippen molar-refractivity contribution in [2.75, 3.05) is 11.4 Å². The number of benzene rings is 1. The molecule has 0 bridgehead atoms. The van der Waals surface area contributed by atoms with E-state index in [0.29, 0.717) is 17.9 Å². The molecule has 1 aliphatic rings. The Bertz CT molecular complexity index is 1020. The van der Waals surface area contributed by atoms with Gasteiger partial charge in [-0.1, -0.05) is 0 Å². The van der Waals surface area contributed by atoms with E-state index in [4.69, 9.17) is 0 Å². The molecule has 0 atom stereocenters. The summed E-state index contributed by atoms with van der Waals surface area (Å²) in [7, 11) is 0. The van der Waals surface area contributed by atoms with Crippen molar-refractivity contribution in [1.82, 2.24) is 14.8 Å². The van der Waals surface area contributed by atoms with Gasteiger partial charge in [0.05, 0.1) is 16.9 Å². The van der Waals surface area contributed by atoms with Crippen molar-refractivity contribution in [2.24, 2.45) is 0 Å². The van der Waals surface area contributed by atoms with Gasteiger partial charge < -0.3 is 4.90 Å². The molecule has 0 saturated carbocycles. The number of nitrogens with zero attached hydrogens (tertiary/aromatic N) is 4. The number of rotatable bonds is 2. The fraction of sp³-hybridized carbons (Fsp3) is 0.286. The maximum Gasteiger partial charge on any atom is 0.259 e. The first-order valence-electron chi connectivity index (χ1n) is 9.04. The van der Waals surface area contributed by atoms with Gasteiger partial charge in [-0.15, -0.1) is 0 Å².